The van der Waals surface area contributed by atoms with Crippen LogP contribution in [0.4, 0.5) is 5.69 Å². The van der Waals surface area contributed by atoms with Crippen LogP contribution in [0.25, 0.3) is 0 Å². The number of likely N-dealkylation sites (N-methyl/N-ethyl adjacent to an activating group) is 1. The highest BCUT2D eigenvalue weighted by Crippen LogP contribution is 2.24. The minimum Gasteiger partial charge on any atom is -0.494 e. The van der Waals surface area contributed by atoms with Gasteiger partial charge >= 0.3 is 0 Å². The molecule has 0 radical (unpaired) electrons. The first-order valence-corrected chi connectivity index (χ1v) is 8.88. The Morgan fingerprint density at radius 1 is 1.08 bits per heavy atom. The van der Waals surface area contributed by atoms with Gasteiger partial charge in [0.25, 0.3) is 0 Å². The lowest BCUT2D eigenvalue weighted by Crippen LogP contribution is -2.34. The van der Waals surface area contributed by atoms with Crippen LogP contribution in [0.15, 0.2) is 48.5 Å². The molecule has 0 bridgehead atoms. The number of ether oxygens (including phenoxy) is 1. The van der Waals surface area contributed by atoms with Crippen LogP contribution in [0, 0.1) is 0 Å². The smallest absolute Gasteiger partial charge is 0.243 e. The second-order valence-electron chi connectivity index (χ2n) is 5.69. The van der Waals surface area contributed by atoms with E-state index in [0.29, 0.717) is 35.2 Å². The molecule has 2 aromatic rings. The highest BCUT2D eigenvalue weighted by Gasteiger charge is 2.13. The normalized spacial score (nSPS) is 10.3. The molecule has 2 aromatic carbocycles. The molecule has 138 valence electrons. The van der Waals surface area contributed by atoms with E-state index in [-0.39, 0.29) is 18.4 Å². The average molecular weight is 395 g/mol. The Hall–Kier alpha value is -2.24. The topological polar surface area (TPSA) is 58.6 Å². The molecule has 0 unspecified atom stereocenters. The predicted octanol–water partition coefficient (Wildman–Crippen LogP) is 4.25. The van der Waals surface area contributed by atoms with Crippen LogP contribution in [-0.4, -0.2) is 36.9 Å². The Labute approximate surface area is 162 Å². The molecule has 0 saturated heterocycles. The number of para-hydroxylation sites is 1. The number of hydrogen-bond acceptors (Lipinski definition) is 3. The summed E-state index contributed by atoms with van der Waals surface area (Å²) in [5.41, 5.74) is 0.529. The van der Waals surface area contributed by atoms with Crippen molar-refractivity contribution in [3.63, 3.8) is 0 Å². The molecular weight excluding hydrogens is 375 g/mol. The van der Waals surface area contributed by atoms with Gasteiger partial charge in [-0.15, -0.1) is 0 Å². The largest absolute Gasteiger partial charge is 0.494 e. The minimum absolute atomic E-state index is 0.0430. The van der Waals surface area contributed by atoms with Crippen molar-refractivity contribution in [1.82, 2.24) is 4.90 Å². The number of nitrogens with one attached hydrogen (secondary N) is 1. The van der Waals surface area contributed by atoms with Gasteiger partial charge in [-0.3, -0.25) is 9.59 Å². The molecule has 0 fully saturated rings. The lowest BCUT2D eigenvalue weighted by Gasteiger charge is -2.17. The van der Waals surface area contributed by atoms with Crippen LogP contribution in [0.3, 0.4) is 0 Å². The predicted molar refractivity (Wildman–Crippen MR) is 104 cm³/mol. The third kappa shape index (κ3) is 6.58. The third-order valence-corrected chi connectivity index (χ3v) is 4.30. The maximum absolute atomic E-state index is 12.1. The number of carbonyl (C=O) groups excluding carboxylic acids is 2. The van der Waals surface area contributed by atoms with Gasteiger partial charge in [-0.25, -0.2) is 0 Å². The summed E-state index contributed by atoms with van der Waals surface area (Å²) in [6.07, 6.45) is 0.885. The van der Waals surface area contributed by atoms with Crippen molar-refractivity contribution in [1.29, 1.82) is 0 Å². The number of nitrogens with zero attached hydrogens (tertiary/aromatic N) is 1. The Morgan fingerprint density at radius 2 is 1.81 bits per heavy atom. The van der Waals surface area contributed by atoms with E-state index >= 15 is 0 Å². The number of carbonyl (C=O) groups is 2. The third-order valence-electron chi connectivity index (χ3n) is 3.56. The number of anilines is 1. The van der Waals surface area contributed by atoms with Crippen molar-refractivity contribution in [2.24, 2.45) is 0 Å². The fraction of sp³-hybridized carbons (Fsp3) is 0.263. The Bertz CT molecular complexity index is 754. The fourth-order valence-electron chi connectivity index (χ4n) is 2.20. The van der Waals surface area contributed by atoms with Crippen molar-refractivity contribution in [2.45, 2.75) is 12.8 Å². The first kappa shape index (κ1) is 20.1. The number of benzene rings is 2. The van der Waals surface area contributed by atoms with Crippen LogP contribution in [0.5, 0.6) is 5.75 Å². The molecule has 26 heavy (non-hydrogen) atoms. The Morgan fingerprint density at radius 3 is 2.50 bits per heavy atom. The Kier molecular flexibility index (Phi) is 7.75. The number of hydrogen-bond donors (Lipinski definition) is 1. The summed E-state index contributed by atoms with van der Waals surface area (Å²) in [4.78, 5) is 25.5. The van der Waals surface area contributed by atoms with Crippen molar-refractivity contribution in [3.05, 3.63) is 58.6 Å². The molecule has 5 nitrogen and oxygen atoms in total. The first-order chi connectivity index (χ1) is 12.5. The van der Waals surface area contributed by atoms with Gasteiger partial charge in [0, 0.05) is 19.2 Å². The molecule has 2 amide bonds. The van der Waals surface area contributed by atoms with Gasteiger partial charge in [-0.2, -0.15) is 0 Å². The van der Waals surface area contributed by atoms with Gasteiger partial charge in [0.2, 0.25) is 11.8 Å². The molecule has 2 rings (SSSR count). The van der Waals surface area contributed by atoms with E-state index in [1.807, 2.05) is 30.3 Å². The molecular formula is C19H20Cl2N2O3. The van der Waals surface area contributed by atoms with Crippen molar-refractivity contribution in [3.8, 4) is 5.75 Å². The van der Waals surface area contributed by atoms with E-state index in [4.69, 9.17) is 27.9 Å². The number of amides is 2. The molecule has 1 N–H and O–H groups in total. The second-order valence-corrected chi connectivity index (χ2v) is 6.51. The maximum Gasteiger partial charge on any atom is 0.243 e. The van der Waals surface area contributed by atoms with Gasteiger partial charge in [0.05, 0.1) is 23.2 Å². The van der Waals surface area contributed by atoms with E-state index in [0.717, 1.165) is 5.75 Å². The van der Waals surface area contributed by atoms with Crippen LogP contribution < -0.4 is 10.1 Å². The van der Waals surface area contributed by atoms with Gasteiger partial charge in [0.1, 0.15) is 5.75 Å². The summed E-state index contributed by atoms with van der Waals surface area (Å²) in [7, 11) is 1.59. The molecule has 0 saturated carbocycles. The van der Waals surface area contributed by atoms with E-state index in [2.05, 4.69) is 5.32 Å². The summed E-state index contributed by atoms with van der Waals surface area (Å²) in [6, 6.07) is 14.2. The van der Waals surface area contributed by atoms with Crippen LogP contribution >= 0.6 is 23.2 Å². The standard InChI is InChI=1S/C19H20Cl2N2O3/c1-23(13-18(24)22-14-9-10-16(20)17(21)12-14)19(25)8-5-11-26-15-6-3-2-4-7-15/h2-4,6-7,9-10,12H,5,8,11,13H2,1H3,(H,22,24). The second kappa shape index (κ2) is 10.0. The van der Waals surface area contributed by atoms with E-state index in [1.54, 1.807) is 25.2 Å². The van der Waals surface area contributed by atoms with E-state index in [1.165, 1.54) is 4.90 Å². The lowest BCUT2D eigenvalue weighted by molar-refractivity contribution is -0.133. The van der Waals surface area contributed by atoms with Crippen molar-refractivity contribution in [2.75, 3.05) is 25.5 Å². The SMILES string of the molecule is CN(CC(=O)Nc1ccc(Cl)c(Cl)c1)C(=O)CCCOc1ccccc1. The summed E-state index contributed by atoms with van der Waals surface area (Å²) in [6.45, 7) is 0.400. The van der Waals surface area contributed by atoms with E-state index in [9.17, 15) is 9.59 Å². The Balaban J connectivity index is 1.70. The van der Waals surface area contributed by atoms with Gasteiger partial charge in [0.15, 0.2) is 0 Å². The highest BCUT2D eigenvalue weighted by molar-refractivity contribution is 6.42. The van der Waals surface area contributed by atoms with Crippen molar-refractivity contribution >= 4 is 40.7 Å². The molecule has 0 aliphatic carbocycles. The summed E-state index contributed by atoms with van der Waals surface area (Å²) in [5.74, 6) is 0.347. The first-order valence-electron chi connectivity index (χ1n) is 8.12. The molecule has 0 spiro atoms. The fourth-order valence-corrected chi connectivity index (χ4v) is 2.50. The summed E-state index contributed by atoms with van der Waals surface area (Å²) >= 11 is 11.7. The molecule has 0 aliphatic rings. The zero-order valence-electron chi connectivity index (χ0n) is 14.4. The quantitative estimate of drug-likeness (QED) is 0.680. The number of halogens is 2. The monoisotopic (exact) mass is 394 g/mol. The zero-order chi connectivity index (χ0) is 18.9. The zero-order valence-corrected chi connectivity index (χ0v) is 15.9. The molecule has 7 heteroatoms. The minimum atomic E-state index is -0.306. The van der Waals surface area contributed by atoms with E-state index < -0.39 is 0 Å². The molecule has 0 atom stereocenters. The van der Waals surface area contributed by atoms with Gasteiger partial charge < -0.3 is 15.0 Å². The maximum atomic E-state index is 12.1. The van der Waals surface area contributed by atoms with Crippen LogP contribution in [-0.2, 0) is 9.59 Å². The average Bonchev–Trinajstić information content (AvgIpc) is 2.62. The molecule has 0 aromatic heterocycles. The van der Waals surface area contributed by atoms with Gasteiger partial charge in [-0.1, -0.05) is 41.4 Å². The molecule has 0 aliphatic heterocycles. The van der Waals surface area contributed by atoms with Crippen LogP contribution in [0.1, 0.15) is 12.8 Å². The van der Waals surface area contributed by atoms with Crippen LogP contribution in [0.2, 0.25) is 10.0 Å². The summed E-state index contributed by atoms with van der Waals surface area (Å²) < 4.78 is 5.54. The van der Waals surface area contributed by atoms with Crippen molar-refractivity contribution < 1.29 is 14.3 Å². The lowest BCUT2D eigenvalue weighted by atomic mass is 10.3. The molecule has 0 heterocycles. The van der Waals surface area contributed by atoms with Gasteiger partial charge in [-0.05, 0) is 36.8 Å². The number of rotatable bonds is 8. The summed E-state index contributed by atoms with van der Waals surface area (Å²) in [5, 5.41) is 3.45. The highest BCUT2D eigenvalue weighted by atomic mass is 35.5.